The number of unbranched alkanes of at least 4 members (excludes halogenated alkanes) is 6. The van der Waals surface area contributed by atoms with E-state index in [0.717, 1.165) is 26.1 Å². The van der Waals surface area contributed by atoms with Crippen LogP contribution in [0.4, 0.5) is 0 Å². The molecule has 0 saturated carbocycles. The molecule has 0 amide bonds. The lowest BCUT2D eigenvalue weighted by atomic mass is 10.2. The molecule has 0 aliphatic carbocycles. The van der Waals surface area contributed by atoms with Crippen molar-refractivity contribution in [1.29, 1.82) is 0 Å². The van der Waals surface area contributed by atoms with Crippen molar-refractivity contribution in [2.75, 3.05) is 39.6 Å². The van der Waals surface area contributed by atoms with E-state index in [1.165, 1.54) is 38.5 Å². The third-order valence-electron chi connectivity index (χ3n) is 3.14. The van der Waals surface area contributed by atoms with Crippen LogP contribution in [0.1, 0.15) is 65.2 Å². The van der Waals surface area contributed by atoms with Crippen molar-refractivity contribution in [3.8, 4) is 0 Å². The van der Waals surface area contributed by atoms with Crippen molar-refractivity contribution >= 4 is 8.60 Å². The lowest BCUT2D eigenvalue weighted by Crippen LogP contribution is -2.06. The third-order valence-corrected chi connectivity index (χ3v) is 3.95. The number of rotatable bonds is 18. The maximum absolute atomic E-state index is 9.50. The molecule has 0 aliphatic rings. The van der Waals surface area contributed by atoms with Crippen molar-refractivity contribution < 1.29 is 23.4 Å². The Kier molecular flexibility index (Phi) is 19.5. The Morgan fingerprint density at radius 2 is 1.05 bits per heavy atom. The van der Waals surface area contributed by atoms with Gasteiger partial charge < -0.3 is 23.4 Å². The van der Waals surface area contributed by atoms with Crippen molar-refractivity contribution in [3.63, 3.8) is 0 Å². The van der Waals surface area contributed by atoms with Gasteiger partial charge in [0.25, 0.3) is 0 Å². The summed E-state index contributed by atoms with van der Waals surface area (Å²) in [6.07, 6.45) is 9.60. The summed E-state index contributed by atoms with van der Waals surface area (Å²) in [5.41, 5.74) is 0. The molecule has 5 nitrogen and oxygen atoms in total. The molecule has 0 fully saturated rings. The van der Waals surface area contributed by atoms with Crippen LogP contribution in [0.15, 0.2) is 0 Å². The van der Waals surface area contributed by atoms with Gasteiger partial charge in [0.15, 0.2) is 0 Å². The molecular formula is C16H35O5P. The Morgan fingerprint density at radius 1 is 0.591 bits per heavy atom. The summed E-state index contributed by atoms with van der Waals surface area (Å²) >= 11 is 0. The van der Waals surface area contributed by atoms with Crippen molar-refractivity contribution in [2.45, 2.75) is 65.2 Å². The van der Waals surface area contributed by atoms with E-state index in [2.05, 4.69) is 13.8 Å². The van der Waals surface area contributed by atoms with E-state index in [9.17, 15) is 4.89 Å². The smallest absolute Gasteiger partial charge is 0.330 e. The van der Waals surface area contributed by atoms with E-state index in [1.807, 2.05) is 0 Å². The highest BCUT2D eigenvalue weighted by Gasteiger charge is 2.05. The van der Waals surface area contributed by atoms with Crippen LogP contribution < -0.4 is 0 Å². The molecule has 0 spiro atoms. The van der Waals surface area contributed by atoms with Crippen LogP contribution in [0.5, 0.6) is 0 Å². The molecular weight excluding hydrogens is 303 g/mol. The molecule has 134 valence electrons. The van der Waals surface area contributed by atoms with Gasteiger partial charge in [0.05, 0.1) is 26.4 Å². The van der Waals surface area contributed by atoms with Gasteiger partial charge in [-0.3, -0.25) is 0 Å². The highest BCUT2D eigenvalue weighted by molar-refractivity contribution is 7.40. The third kappa shape index (κ3) is 18.3. The van der Waals surface area contributed by atoms with Gasteiger partial charge in [0.1, 0.15) is 0 Å². The SMILES string of the molecule is CCCCCCOCCOP(O)OCCOCCCCCC. The molecule has 6 heteroatoms. The van der Waals surface area contributed by atoms with E-state index in [1.54, 1.807) is 0 Å². The molecule has 22 heavy (non-hydrogen) atoms. The normalized spacial score (nSPS) is 11.5. The largest absolute Gasteiger partial charge is 0.379 e. The Labute approximate surface area is 137 Å². The lowest BCUT2D eigenvalue weighted by Gasteiger charge is -2.11. The average molecular weight is 338 g/mol. The highest BCUT2D eigenvalue weighted by atomic mass is 31.2. The Morgan fingerprint density at radius 3 is 1.45 bits per heavy atom. The van der Waals surface area contributed by atoms with Crippen LogP contribution in [-0.2, 0) is 18.5 Å². The molecule has 1 N–H and O–H groups in total. The average Bonchev–Trinajstić information content (AvgIpc) is 2.52. The van der Waals surface area contributed by atoms with Crippen LogP contribution in [0.25, 0.3) is 0 Å². The maximum Gasteiger partial charge on any atom is 0.330 e. The first kappa shape index (κ1) is 22.2. The Bertz CT molecular complexity index is 187. The first-order valence-electron chi connectivity index (χ1n) is 8.71. The molecule has 0 aliphatic heterocycles. The van der Waals surface area contributed by atoms with E-state index in [-0.39, 0.29) is 0 Å². The highest BCUT2D eigenvalue weighted by Crippen LogP contribution is 2.31. The van der Waals surface area contributed by atoms with Gasteiger partial charge in [-0.2, -0.15) is 0 Å². The monoisotopic (exact) mass is 338 g/mol. The molecule has 0 rings (SSSR count). The zero-order valence-electron chi connectivity index (χ0n) is 14.4. The lowest BCUT2D eigenvalue weighted by molar-refractivity contribution is 0.0710. The topological polar surface area (TPSA) is 57.2 Å². The molecule has 0 radical (unpaired) electrons. The quantitative estimate of drug-likeness (QED) is 0.296. The predicted octanol–water partition coefficient (Wildman–Crippen LogP) is 4.43. The molecule has 0 aromatic rings. The number of hydrogen-bond donors (Lipinski definition) is 1. The first-order valence-corrected chi connectivity index (χ1v) is 9.84. The van der Waals surface area contributed by atoms with Gasteiger partial charge in [-0.15, -0.1) is 0 Å². The van der Waals surface area contributed by atoms with Crippen LogP contribution in [0.3, 0.4) is 0 Å². The van der Waals surface area contributed by atoms with E-state index >= 15 is 0 Å². The fourth-order valence-corrected chi connectivity index (χ4v) is 2.39. The van der Waals surface area contributed by atoms with Gasteiger partial charge >= 0.3 is 8.60 Å². The molecule has 0 atom stereocenters. The Hall–Kier alpha value is 0.230. The second kappa shape index (κ2) is 19.3. The summed E-state index contributed by atoms with van der Waals surface area (Å²) in [6.45, 7) is 7.65. The fraction of sp³-hybridized carbons (Fsp3) is 1.00. The van der Waals surface area contributed by atoms with E-state index in [0.29, 0.717) is 26.4 Å². The number of ether oxygens (including phenoxy) is 2. The summed E-state index contributed by atoms with van der Waals surface area (Å²) in [4.78, 5) is 9.50. The first-order chi connectivity index (χ1) is 10.8. The summed E-state index contributed by atoms with van der Waals surface area (Å²) in [7, 11) is -1.80. The molecule has 0 heterocycles. The Balaban J connectivity index is 3.11. The summed E-state index contributed by atoms with van der Waals surface area (Å²) in [5.74, 6) is 0. The van der Waals surface area contributed by atoms with Gasteiger partial charge in [-0.25, -0.2) is 0 Å². The van der Waals surface area contributed by atoms with Gasteiger partial charge in [-0.05, 0) is 12.8 Å². The minimum absolute atomic E-state index is 0.369. The minimum Gasteiger partial charge on any atom is -0.379 e. The summed E-state index contributed by atoms with van der Waals surface area (Å²) in [5, 5.41) is 0. The van der Waals surface area contributed by atoms with Crippen molar-refractivity contribution in [2.24, 2.45) is 0 Å². The van der Waals surface area contributed by atoms with Crippen molar-refractivity contribution in [3.05, 3.63) is 0 Å². The van der Waals surface area contributed by atoms with Crippen LogP contribution in [-0.4, -0.2) is 44.5 Å². The molecule has 0 bridgehead atoms. The van der Waals surface area contributed by atoms with Gasteiger partial charge in [-0.1, -0.05) is 52.4 Å². The predicted molar refractivity (Wildman–Crippen MR) is 91.0 cm³/mol. The molecule has 0 aromatic heterocycles. The van der Waals surface area contributed by atoms with Gasteiger partial charge in [0, 0.05) is 13.2 Å². The minimum atomic E-state index is -1.80. The van der Waals surface area contributed by atoms with Crippen molar-refractivity contribution in [1.82, 2.24) is 0 Å². The zero-order valence-corrected chi connectivity index (χ0v) is 15.3. The summed E-state index contributed by atoms with van der Waals surface area (Å²) in [6, 6.07) is 0. The molecule has 0 saturated heterocycles. The maximum atomic E-state index is 9.50. The number of hydrogen-bond acceptors (Lipinski definition) is 5. The molecule has 0 aromatic carbocycles. The van der Waals surface area contributed by atoms with E-state index < -0.39 is 8.60 Å². The molecule has 0 unspecified atom stereocenters. The summed E-state index contributed by atoms with van der Waals surface area (Å²) < 4.78 is 21.1. The zero-order chi connectivity index (χ0) is 16.3. The standard InChI is InChI=1S/C16H35O5P/c1-3-5-7-9-11-18-13-15-20-22(17)21-16-14-19-12-10-8-6-4-2/h17H,3-16H2,1-2H3. The second-order valence-electron chi connectivity index (χ2n) is 5.25. The van der Waals surface area contributed by atoms with Gasteiger partial charge in [0.2, 0.25) is 0 Å². The van der Waals surface area contributed by atoms with E-state index in [4.69, 9.17) is 18.5 Å². The van der Waals surface area contributed by atoms with Crippen LogP contribution >= 0.6 is 8.60 Å². The van der Waals surface area contributed by atoms with Crippen LogP contribution in [0.2, 0.25) is 0 Å². The van der Waals surface area contributed by atoms with Crippen LogP contribution in [0, 0.1) is 0 Å². The second-order valence-corrected chi connectivity index (χ2v) is 6.24. The fourth-order valence-electron chi connectivity index (χ4n) is 1.85.